The summed E-state index contributed by atoms with van der Waals surface area (Å²) < 4.78 is 0. The first kappa shape index (κ1) is 25.9. The zero-order chi connectivity index (χ0) is 27.0. The van der Waals surface area contributed by atoms with E-state index >= 15 is 0 Å². The van der Waals surface area contributed by atoms with Crippen molar-refractivity contribution < 1.29 is 4.79 Å². The lowest BCUT2D eigenvalue weighted by atomic mass is 9.86. The number of aldehydes is 1. The second-order valence-electron chi connectivity index (χ2n) is 9.45. The van der Waals surface area contributed by atoms with E-state index in [0.717, 1.165) is 24.9 Å². The van der Waals surface area contributed by atoms with Crippen molar-refractivity contribution in [2.75, 3.05) is 18.0 Å². The first-order chi connectivity index (χ1) is 19.2. The number of carbonyl (C=O) groups is 1. The second kappa shape index (κ2) is 12.2. The van der Waals surface area contributed by atoms with Crippen molar-refractivity contribution in [3.05, 3.63) is 139 Å². The Morgan fingerprint density at radius 1 is 0.487 bits per heavy atom. The molecule has 0 radical (unpaired) electrons. The van der Waals surface area contributed by atoms with Crippen LogP contribution in [-0.4, -0.2) is 19.4 Å². The van der Waals surface area contributed by atoms with Crippen LogP contribution < -0.4 is 4.90 Å². The highest BCUT2D eigenvalue weighted by Crippen LogP contribution is 2.43. The van der Waals surface area contributed by atoms with Gasteiger partial charge in [-0.15, -0.1) is 0 Å². The lowest BCUT2D eigenvalue weighted by molar-refractivity contribution is 0.112. The highest BCUT2D eigenvalue weighted by atomic mass is 16.1. The van der Waals surface area contributed by atoms with Gasteiger partial charge in [0.05, 0.1) is 0 Å². The normalized spacial score (nSPS) is 10.6. The first-order valence-corrected chi connectivity index (χ1v) is 13.6. The van der Waals surface area contributed by atoms with Crippen molar-refractivity contribution in [1.82, 2.24) is 0 Å². The van der Waals surface area contributed by atoms with E-state index in [0.29, 0.717) is 0 Å². The molecule has 0 aromatic heterocycles. The molecular weight excluding hydrogens is 474 g/mol. The van der Waals surface area contributed by atoms with Crippen LogP contribution >= 0.6 is 0 Å². The maximum Gasteiger partial charge on any atom is 0.150 e. The van der Waals surface area contributed by atoms with Gasteiger partial charge in [-0.1, -0.05) is 109 Å². The standard InChI is InChI=1S/C26H18.C11H15NO/c1-3-11-19(12-4-1)25-21-15-7-9-17-23(21)26(20-13-5-2-6-14-20)24-18-10-8-16-22(24)25;1-3-12(4-2)11-7-5-10(9-13)6-8-11/h1-18H;5-9H,3-4H2,1-2H3. The molecule has 0 spiro atoms. The molecule has 0 atom stereocenters. The zero-order valence-electron chi connectivity index (χ0n) is 22.5. The van der Waals surface area contributed by atoms with Crippen LogP contribution in [0.3, 0.4) is 0 Å². The van der Waals surface area contributed by atoms with E-state index in [1.807, 2.05) is 24.3 Å². The van der Waals surface area contributed by atoms with Crippen LogP contribution in [0.4, 0.5) is 5.69 Å². The van der Waals surface area contributed by atoms with Gasteiger partial charge in [0.1, 0.15) is 6.29 Å². The number of nitrogens with zero attached hydrogens (tertiary/aromatic N) is 1. The van der Waals surface area contributed by atoms with Crippen molar-refractivity contribution in [3.8, 4) is 22.3 Å². The molecule has 0 aliphatic heterocycles. The Balaban J connectivity index is 0.000000201. The predicted molar refractivity (Wildman–Crippen MR) is 168 cm³/mol. The van der Waals surface area contributed by atoms with Crippen molar-refractivity contribution in [3.63, 3.8) is 0 Å². The summed E-state index contributed by atoms with van der Waals surface area (Å²) in [7, 11) is 0. The Labute approximate surface area is 231 Å². The summed E-state index contributed by atoms with van der Waals surface area (Å²) >= 11 is 0. The van der Waals surface area contributed by atoms with Gasteiger partial charge >= 0.3 is 0 Å². The van der Waals surface area contributed by atoms with E-state index < -0.39 is 0 Å². The van der Waals surface area contributed by atoms with Crippen LogP contribution in [0.25, 0.3) is 43.8 Å². The number of hydrogen-bond donors (Lipinski definition) is 0. The predicted octanol–water partition coefficient (Wildman–Crippen LogP) is 9.67. The molecule has 6 aromatic carbocycles. The quantitative estimate of drug-likeness (QED) is 0.165. The molecule has 0 heterocycles. The van der Waals surface area contributed by atoms with Crippen molar-refractivity contribution >= 4 is 33.5 Å². The molecule has 2 heteroatoms. The molecule has 192 valence electrons. The molecule has 6 rings (SSSR count). The smallest absolute Gasteiger partial charge is 0.150 e. The number of rotatable bonds is 6. The van der Waals surface area contributed by atoms with E-state index in [-0.39, 0.29) is 0 Å². The Hall–Kier alpha value is -4.69. The Kier molecular flexibility index (Phi) is 8.14. The number of benzene rings is 6. The van der Waals surface area contributed by atoms with Crippen LogP contribution in [0.1, 0.15) is 24.2 Å². The highest BCUT2D eigenvalue weighted by Gasteiger charge is 2.15. The average molecular weight is 508 g/mol. The molecule has 0 aliphatic rings. The maximum atomic E-state index is 10.4. The summed E-state index contributed by atoms with van der Waals surface area (Å²) in [4.78, 5) is 12.7. The summed E-state index contributed by atoms with van der Waals surface area (Å²) in [6.45, 7) is 6.24. The summed E-state index contributed by atoms with van der Waals surface area (Å²) in [5.41, 5.74) is 7.07. The summed E-state index contributed by atoms with van der Waals surface area (Å²) in [6.07, 6.45) is 0.867. The van der Waals surface area contributed by atoms with Crippen LogP contribution in [0.15, 0.2) is 133 Å². The SMILES string of the molecule is CCN(CC)c1ccc(C=O)cc1.c1ccc(-c2c3ccccc3c(-c3ccccc3)c3ccccc23)cc1. The van der Waals surface area contributed by atoms with Gasteiger partial charge in [0.25, 0.3) is 0 Å². The number of carbonyl (C=O) groups excluding carboxylic acids is 1. The van der Waals surface area contributed by atoms with Gasteiger partial charge in [-0.3, -0.25) is 4.79 Å². The fourth-order valence-corrected chi connectivity index (χ4v) is 5.31. The van der Waals surface area contributed by atoms with E-state index in [9.17, 15) is 4.79 Å². The molecule has 0 bridgehead atoms. The lowest BCUT2D eigenvalue weighted by Crippen LogP contribution is -2.21. The second-order valence-corrected chi connectivity index (χ2v) is 9.45. The molecular formula is C37H33NO. The van der Waals surface area contributed by atoms with E-state index in [1.165, 1.54) is 49.5 Å². The summed E-state index contributed by atoms with van der Waals surface area (Å²) in [5.74, 6) is 0. The highest BCUT2D eigenvalue weighted by molar-refractivity contribution is 6.21. The third kappa shape index (κ3) is 5.46. The third-order valence-corrected chi connectivity index (χ3v) is 7.21. The number of hydrogen-bond acceptors (Lipinski definition) is 2. The van der Waals surface area contributed by atoms with E-state index in [4.69, 9.17) is 0 Å². The monoisotopic (exact) mass is 507 g/mol. The van der Waals surface area contributed by atoms with E-state index in [2.05, 4.69) is 128 Å². The van der Waals surface area contributed by atoms with Gasteiger partial charge < -0.3 is 4.90 Å². The third-order valence-electron chi connectivity index (χ3n) is 7.21. The van der Waals surface area contributed by atoms with Crippen LogP contribution in [0.2, 0.25) is 0 Å². The van der Waals surface area contributed by atoms with E-state index in [1.54, 1.807) is 0 Å². The molecule has 0 saturated carbocycles. The Morgan fingerprint density at radius 2 is 0.846 bits per heavy atom. The van der Waals surface area contributed by atoms with Gasteiger partial charge in [-0.2, -0.15) is 0 Å². The van der Waals surface area contributed by atoms with Crippen LogP contribution in [0.5, 0.6) is 0 Å². The number of anilines is 1. The fourth-order valence-electron chi connectivity index (χ4n) is 5.31. The minimum absolute atomic E-state index is 0.732. The average Bonchev–Trinajstić information content (AvgIpc) is 3.02. The molecule has 39 heavy (non-hydrogen) atoms. The molecule has 0 amide bonds. The fraction of sp³-hybridized carbons (Fsp3) is 0.108. The van der Waals surface area contributed by atoms with Crippen LogP contribution in [0, 0.1) is 0 Å². The molecule has 2 nitrogen and oxygen atoms in total. The van der Waals surface area contributed by atoms with Gasteiger partial charge in [0.15, 0.2) is 0 Å². The van der Waals surface area contributed by atoms with Gasteiger partial charge in [-0.25, -0.2) is 0 Å². The van der Waals surface area contributed by atoms with Crippen LogP contribution in [-0.2, 0) is 0 Å². The van der Waals surface area contributed by atoms with Crippen molar-refractivity contribution in [2.24, 2.45) is 0 Å². The summed E-state index contributed by atoms with van der Waals surface area (Å²) in [5, 5.41) is 5.21. The molecule has 0 unspecified atom stereocenters. The minimum atomic E-state index is 0.732. The number of fused-ring (bicyclic) bond motifs is 2. The molecule has 0 aliphatic carbocycles. The molecule has 6 aromatic rings. The minimum Gasteiger partial charge on any atom is -0.372 e. The van der Waals surface area contributed by atoms with Crippen molar-refractivity contribution in [1.29, 1.82) is 0 Å². The largest absolute Gasteiger partial charge is 0.372 e. The lowest BCUT2D eigenvalue weighted by Gasteiger charge is -2.20. The zero-order valence-corrected chi connectivity index (χ0v) is 22.5. The topological polar surface area (TPSA) is 20.3 Å². The Morgan fingerprint density at radius 3 is 1.18 bits per heavy atom. The van der Waals surface area contributed by atoms with Gasteiger partial charge in [0, 0.05) is 24.3 Å². The van der Waals surface area contributed by atoms with Crippen molar-refractivity contribution in [2.45, 2.75) is 13.8 Å². The maximum absolute atomic E-state index is 10.4. The molecule has 0 N–H and O–H groups in total. The van der Waals surface area contributed by atoms with Gasteiger partial charge in [-0.05, 0) is 81.9 Å². The summed E-state index contributed by atoms with van der Waals surface area (Å²) in [6, 6.07) is 46.6. The molecule has 0 fully saturated rings. The van der Waals surface area contributed by atoms with Gasteiger partial charge in [0.2, 0.25) is 0 Å². The Bertz CT molecular complexity index is 1510. The molecule has 0 saturated heterocycles. The first-order valence-electron chi connectivity index (χ1n) is 13.6.